The van der Waals surface area contributed by atoms with Gasteiger partial charge >= 0.3 is 12.1 Å². The molecule has 0 aromatic rings. The molecule has 0 spiro atoms. The SMILES string of the molecule is COC(=O)NCC(=O)NC1(C(=O)O)CCCCC1. The molecule has 0 atom stereocenters. The van der Waals surface area contributed by atoms with E-state index in [4.69, 9.17) is 0 Å². The number of amides is 2. The fraction of sp³-hybridized carbons (Fsp3) is 0.727. The number of carboxylic acid groups (broad SMARTS) is 1. The molecule has 1 fully saturated rings. The molecule has 0 aliphatic heterocycles. The van der Waals surface area contributed by atoms with Gasteiger partial charge in [-0.25, -0.2) is 9.59 Å². The number of ether oxygens (including phenoxy) is 1. The van der Waals surface area contributed by atoms with Crippen molar-refractivity contribution in [2.24, 2.45) is 0 Å². The Bertz CT molecular complexity index is 336. The van der Waals surface area contributed by atoms with Crippen molar-refractivity contribution in [3.63, 3.8) is 0 Å². The molecule has 18 heavy (non-hydrogen) atoms. The molecule has 102 valence electrons. The van der Waals surface area contributed by atoms with Crippen LogP contribution in [0.1, 0.15) is 32.1 Å². The Hall–Kier alpha value is -1.79. The van der Waals surface area contributed by atoms with Gasteiger partial charge in [0.2, 0.25) is 5.91 Å². The third-order valence-corrected chi connectivity index (χ3v) is 3.07. The molecule has 0 saturated heterocycles. The topological polar surface area (TPSA) is 105 Å². The van der Waals surface area contributed by atoms with Crippen molar-refractivity contribution < 1.29 is 24.2 Å². The zero-order valence-electron chi connectivity index (χ0n) is 10.3. The van der Waals surface area contributed by atoms with Gasteiger partial charge in [0.25, 0.3) is 0 Å². The maximum Gasteiger partial charge on any atom is 0.407 e. The van der Waals surface area contributed by atoms with E-state index in [1.54, 1.807) is 0 Å². The van der Waals surface area contributed by atoms with Crippen molar-refractivity contribution in [2.45, 2.75) is 37.6 Å². The van der Waals surface area contributed by atoms with E-state index in [0.29, 0.717) is 12.8 Å². The van der Waals surface area contributed by atoms with Gasteiger partial charge in [-0.1, -0.05) is 19.3 Å². The van der Waals surface area contributed by atoms with Crippen LogP contribution < -0.4 is 10.6 Å². The summed E-state index contributed by atoms with van der Waals surface area (Å²) in [4.78, 5) is 33.7. The largest absolute Gasteiger partial charge is 0.480 e. The summed E-state index contributed by atoms with van der Waals surface area (Å²) in [5, 5.41) is 13.9. The Balaban J connectivity index is 2.53. The molecule has 0 unspecified atom stereocenters. The number of aliphatic carboxylic acids is 1. The maximum absolute atomic E-state index is 11.6. The highest BCUT2D eigenvalue weighted by Crippen LogP contribution is 2.28. The second kappa shape index (κ2) is 6.23. The van der Waals surface area contributed by atoms with Crippen molar-refractivity contribution in [2.75, 3.05) is 13.7 Å². The fourth-order valence-electron chi connectivity index (χ4n) is 2.08. The van der Waals surface area contributed by atoms with Gasteiger partial charge in [0.1, 0.15) is 12.1 Å². The maximum atomic E-state index is 11.6. The Morgan fingerprint density at radius 3 is 2.33 bits per heavy atom. The molecule has 7 nitrogen and oxygen atoms in total. The summed E-state index contributed by atoms with van der Waals surface area (Å²) in [6.07, 6.45) is 2.65. The molecule has 0 aromatic heterocycles. The molecule has 2 amide bonds. The first-order valence-corrected chi connectivity index (χ1v) is 5.86. The average molecular weight is 258 g/mol. The van der Waals surface area contributed by atoms with E-state index in [0.717, 1.165) is 19.3 Å². The minimum absolute atomic E-state index is 0.290. The number of rotatable bonds is 4. The number of alkyl carbamates (subject to hydrolysis) is 1. The Labute approximate surface area is 105 Å². The predicted octanol–water partition coefficient (Wildman–Crippen LogP) is 0.246. The summed E-state index contributed by atoms with van der Waals surface area (Å²) in [7, 11) is 1.19. The van der Waals surface area contributed by atoms with Crippen LogP contribution in [0.15, 0.2) is 0 Å². The highest BCUT2D eigenvalue weighted by Gasteiger charge is 2.40. The highest BCUT2D eigenvalue weighted by atomic mass is 16.5. The average Bonchev–Trinajstić information content (AvgIpc) is 2.36. The number of carbonyl (C=O) groups is 3. The standard InChI is InChI=1S/C11H18N2O5/c1-18-10(17)12-7-8(14)13-11(9(15)16)5-3-2-4-6-11/h2-7H2,1H3,(H,12,17)(H,13,14)(H,15,16). The molecule has 1 aliphatic rings. The van der Waals surface area contributed by atoms with Gasteiger partial charge in [0.15, 0.2) is 0 Å². The summed E-state index contributed by atoms with van der Waals surface area (Å²) in [6, 6.07) is 0. The van der Waals surface area contributed by atoms with Crippen LogP contribution >= 0.6 is 0 Å². The highest BCUT2D eigenvalue weighted by molar-refractivity contribution is 5.89. The minimum atomic E-state index is -1.19. The van der Waals surface area contributed by atoms with Gasteiger partial charge in [0, 0.05) is 0 Å². The van der Waals surface area contributed by atoms with Crippen molar-refractivity contribution >= 4 is 18.0 Å². The molecule has 7 heteroatoms. The van der Waals surface area contributed by atoms with Gasteiger partial charge in [-0.2, -0.15) is 0 Å². The molecule has 0 heterocycles. The first-order valence-electron chi connectivity index (χ1n) is 5.86. The lowest BCUT2D eigenvalue weighted by Gasteiger charge is -2.33. The van der Waals surface area contributed by atoms with Crippen LogP contribution in [0.4, 0.5) is 4.79 Å². The fourth-order valence-corrected chi connectivity index (χ4v) is 2.08. The van der Waals surface area contributed by atoms with E-state index in [2.05, 4.69) is 15.4 Å². The molecule has 0 radical (unpaired) electrons. The number of carboxylic acids is 1. The molecular formula is C11H18N2O5. The van der Waals surface area contributed by atoms with Crippen molar-refractivity contribution in [3.8, 4) is 0 Å². The zero-order chi connectivity index (χ0) is 13.6. The second-order valence-electron chi connectivity index (χ2n) is 4.34. The third-order valence-electron chi connectivity index (χ3n) is 3.07. The van der Waals surface area contributed by atoms with Crippen LogP contribution in [0.5, 0.6) is 0 Å². The number of methoxy groups -OCH3 is 1. The lowest BCUT2D eigenvalue weighted by molar-refractivity contribution is -0.149. The second-order valence-corrected chi connectivity index (χ2v) is 4.34. The lowest BCUT2D eigenvalue weighted by Crippen LogP contribution is -2.57. The zero-order valence-corrected chi connectivity index (χ0v) is 10.3. The Morgan fingerprint density at radius 2 is 1.83 bits per heavy atom. The van der Waals surface area contributed by atoms with Crippen molar-refractivity contribution in [1.82, 2.24) is 10.6 Å². The summed E-state index contributed by atoms with van der Waals surface area (Å²) in [5.41, 5.74) is -1.19. The van der Waals surface area contributed by atoms with Crippen LogP contribution in [0.2, 0.25) is 0 Å². The van der Waals surface area contributed by atoms with Crippen LogP contribution in [-0.4, -0.2) is 42.3 Å². The van der Waals surface area contributed by atoms with Gasteiger partial charge in [-0.15, -0.1) is 0 Å². The molecule has 1 saturated carbocycles. The molecule has 3 N–H and O–H groups in total. The molecule has 1 rings (SSSR count). The monoisotopic (exact) mass is 258 g/mol. The first-order chi connectivity index (χ1) is 8.50. The van der Waals surface area contributed by atoms with Gasteiger partial charge in [-0.3, -0.25) is 4.79 Å². The van der Waals surface area contributed by atoms with Crippen molar-refractivity contribution in [1.29, 1.82) is 0 Å². The van der Waals surface area contributed by atoms with E-state index >= 15 is 0 Å². The predicted molar refractivity (Wildman–Crippen MR) is 62.0 cm³/mol. The lowest BCUT2D eigenvalue weighted by atomic mass is 9.81. The van der Waals surface area contributed by atoms with Crippen LogP contribution in [-0.2, 0) is 14.3 Å². The summed E-state index contributed by atoms with van der Waals surface area (Å²) in [5.74, 6) is -1.54. The van der Waals surface area contributed by atoms with E-state index in [9.17, 15) is 19.5 Å². The van der Waals surface area contributed by atoms with Gasteiger partial charge in [0.05, 0.1) is 7.11 Å². The van der Waals surface area contributed by atoms with E-state index < -0.39 is 23.5 Å². The Morgan fingerprint density at radius 1 is 1.22 bits per heavy atom. The molecule has 1 aliphatic carbocycles. The van der Waals surface area contributed by atoms with Crippen LogP contribution in [0, 0.1) is 0 Å². The smallest absolute Gasteiger partial charge is 0.407 e. The van der Waals surface area contributed by atoms with Crippen molar-refractivity contribution in [3.05, 3.63) is 0 Å². The number of hydrogen-bond donors (Lipinski definition) is 3. The Kier molecular flexibility index (Phi) is 4.94. The van der Waals surface area contributed by atoms with E-state index in [-0.39, 0.29) is 6.54 Å². The number of nitrogens with one attached hydrogen (secondary N) is 2. The number of hydrogen-bond acceptors (Lipinski definition) is 4. The summed E-state index contributed by atoms with van der Waals surface area (Å²) in [6.45, 7) is -0.290. The minimum Gasteiger partial charge on any atom is -0.480 e. The number of carbonyl (C=O) groups excluding carboxylic acids is 2. The van der Waals surface area contributed by atoms with Crippen LogP contribution in [0.25, 0.3) is 0 Å². The van der Waals surface area contributed by atoms with Gasteiger partial charge < -0.3 is 20.5 Å². The quantitative estimate of drug-likeness (QED) is 0.670. The molecule has 0 aromatic carbocycles. The first kappa shape index (κ1) is 14.3. The molecule has 0 bridgehead atoms. The normalized spacial score (nSPS) is 17.6. The van der Waals surface area contributed by atoms with Gasteiger partial charge in [-0.05, 0) is 12.8 Å². The van der Waals surface area contributed by atoms with Crippen LogP contribution in [0.3, 0.4) is 0 Å². The third kappa shape index (κ3) is 3.61. The summed E-state index contributed by atoms with van der Waals surface area (Å²) < 4.78 is 4.32. The molecular weight excluding hydrogens is 240 g/mol. The summed E-state index contributed by atoms with van der Waals surface area (Å²) >= 11 is 0. The van der Waals surface area contributed by atoms with E-state index in [1.165, 1.54) is 7.11 Å². The van der Waals surface area contributed by atoms with E-state index in [1.807, 2.05) is 0 Å².